The van der Waals surface area contributed by atoms with Crippen LogP contribution in [0.25, 0.3) is 11.3 Å². The lowest BCUT2D eigenvalue weighted by molar-refractivity contribution is -0.145. The Labute approximate surface area is 175 Å². The molecule has 1 aromatic carbocycles. The van der Waals surface area contributed by atoms with E-state index in [-0.39, 0.29) is 23.2 Å². The molecule has 0 saturated heterocycles. The van der Waals surface area contributed by atoms with Gasteiger partial charge in [-0.25, -0.2) is 14.4 Å². The first-order chi connectivity index (χ1) is 14.7. The van der Waals surface area contributed by atoms with E-state index in [2.05, 4.69) is 20.3 Å². The van der Waals surface area contributed by atoms with Crippen LogP contribution >= 0.6 is 0 Å². The van der Waals surface area contributed by atoms with Crippen LogP contribution in [0.5, 0.6) is 0 Å². The van der Waals surface area contributed by atoms with Gasteiger partial charge in [0, 0.05) is 41.8 Å². The number of pyridine rings is 1. The first kappa shape index (κ1) is 22.3. The van der Waals surface area contributed by atoms with Gasteiger partial charge >= 0.3 is 6.18 Å². The van der Waals surface area contributed by atoms with Crippen LogP contribution in [0, 0.1) is 6.92 Å². The lowest BCUT2D eigenvalue weighted by Crippen LogP contribution is -2.23. The Kier molecular flexibility index (Phi) is 6.59. The Bertz CT molecular complexity index is 1050. The molecule has 1 amide bonds. The molecule has 31 heavy (non-hydrogen) atoms. The number of aliphatic hydroxyl groups is 1. The summed E-state index contributed by atoms with van der Waals surface area (Å²) in [4.78, 5) is 23.4. The number of hydrogen-bond donors (Lipinski definition) is 2. The predicted octanol–water partition coefficient (Wildman–Crippen LogP) is 3.80. The number of aromatic nitrogens is 3. The molecule has 1 atom stereocenters. The monoisotopic (exact) mass is 434 g/mol. The maximum absolute atomic E-state index is 13.0. The molecule has 1 unspecified atom stereocenters. The van der Waals surface area contributed by atoms with Crippen LogP contribution in [0.1, 0.15) is 39.0 Å². The smallest absolute Gasteiger partial charge is 0.386 e. The summed E-state index contributed by atoms with van der Waals surface area (Å²) in [5.74, 6) is -1.84. The summed E-state index contributed by atoms with van der Waals surface area (Å²) in [5, 5.41) is 12.5. The molecule has 10 heteroatoms. The highest BCUT2D eigenvalue weighted by Crippen LogP contribution is 2.26. The second-order valence-corrected chi connectivity index (χ2v) is 6.83. The van der Waals surface area contributed by atoms with Gasteiger partial charge in [0.25, 0.3) is 5.91 Å². The van der Waals surface area contributed by atoms with Crippen molar-refractivity contribution in [1.29, 1.82) is 0 Å². The quantitative estimate of drug-likeness (QED) is 0.577. The maximum atomic E-state index is 13.0. The summed E-state index contributed by atoms with van der Waals surface area (Å²) in [6.45, 7) is 0.712. The fourth-order valence-corrected chi connectivity index (χ4v) is 2.73. The van der Waals surface area contributed by atoms with Crippen molar-refractivity contribution in [3.05, 3.63) is 77.0 Å². The highest BCUT2D eigenvalue weighted by Gasteiger charge is 2.34. The second kappa shape index (κ2) is 9.17. The number of nitrogens with one attached hydrogen (secondary N) is 1. The number of rotatable bonds is 6. The summed E-state index contributed by atoms with van der Waals surface area (Å²) in [6, 6.07) is 7.98. The van der Waals surface area contributed by atoms with E-state index < -0.39 is 30.7 Å². The van der Waals surface area contributed by atoms with Crippen LogP contribution in [0.4, 0.5) is 17.6 Å². The van der Waals surface area contributed by atoms with Crippen molar-refractivity contribution in [2.24, 2.45) is 0 Å². The molecule has 162 valence electrons. The zero-order valence-electron chi connectivity index (χ0n) is 16.3. The number of halogens is 4. The topological polar surface area (TPSA) is 88.0 Å². The Balaban J connectivity index is 1.82. The number of aliphatic hydroxyl groups excluding tert-OH is 1. The fourth-order valence-electron chi connectivity index (χ4n) is 2.73. The third kappa shape index (κ3) is 5.60. The molecule has 3 aromatic rings. The highest BCUT2D eigenvalue weighted by atomic mass is 19.4. The van der Waals surface area contributed by atoms with E-state index in [1.807, 2.05) is 13.0 Å². The number of carbonyl (C=O) groups excluding carboxylic acids is 1. The van der Waals surface area contributed by atoms with Crippen LogP contribution in [0.15, 0.2) is 48.9 Å². The van der Waals surface area contributed by atoms with Gasteiger partial charge in [0.2, 0.25) is 5.82 Å². The first-order valence-corrected chi connectivity index (χ1v) is 9.15. The SMILES string of the molecule is Cc1ccc(-c2cc(C(=O)NCc3cnc(C(F)(F)F)nc3)cc(C(O)CF)c2)nc1. The first-order valence-electron chi connectivity index (χ1n) is 9.15. The number of amides is 1. The average Bonchev–Trinajstić information content (AvgIpc) is 2.76. The standard InChI is InChI=1S/C21H18F4N4O2/c1-12-2-3-17(26-8-12)14-4-15(18(30)7-22)6-16(5-14)19(31)27-9-13-10-28-20(29-11-13)21(23,24)25/h2-6,8,10-11,18,30H,7,9H2,1H3,(H,27,31). The summed E-state index contributed by atoms with van der Waals surface area (Å²) >= 11 is 0. The van der Waals surface area contributed by atoms with Gasteiger partial charge in [-0.3, -0.25) is 9.78 Å². The third-order valence-electron chi connectivity index (χ3n) is 4.37. The molecule has 0 bridgehead atoms. The molecular weight excluding hydrogens is 416 g/mol. The summed E-state index contributed by atoms with van der Waals surface area (Å²) < 4.78 is 50.6. The Hall–Kier alpha value is -3.40. The fraction of sp³-hybridized carbons (Fsp3) is 0.238. The number of benzene rings is 1. The van der Waals surface area contributed by atoms with Crippen molar-refractivity contribution in [3.8, 4) is 11.3 Å². The van der Waals surface area contributed by atoms with Crippen molar-refractivity contribution in [1.82, 2.24) is 20.3 Å². The predicted molar refractivity (Wildman–Crippen MR) is 104 cm³/mol. The van der Waals surface area contributed by atoms with Gasteiger partial charge in [0.15, 0.2) is 0 Å². The number of aryl methyl sites for hydroxylation is 1. The van der Waals surface area contributed by atoms with Crippen molar-refractivity contribution in [2.75, 3.05) is 6.67 Å². The highest BCUT2D eigenvalue weighted by molar-refractivity contribution is 5.95. The van der Waals surface area contributed by atoms with E-state index in [1.165, 1.54) is 12.1 Å². The van der Waals surface area contributed by atoms with Gasteiger partial charge in [0.1, 0.15) is 12.8 Å². The van der Waals surface area contributed by atoms with E-state index in [0.717, 1.165) is 18.0 Å². The third-order valence-corrected chi connectivity index (χ3v) is 4.37. The molecule has 0 radical (unpaired) electrons. The van der Waals surface area contributed by atoms with Crippen LogP contribution in [-0.4, -0.2) is 32.6 Å². The molecule has 2 heterocycles. The van der Waals surface area contributed by atoms with Gasteiger partial charge in [-0.1, -0.05) is 6.07 Å². The van der Waals surface area contributed by atoms with Gasteiger partial charge < -0.3 is 10.4 Å². The zero-order chi connectivity index (χ0) is 22.6. The van der Waals surface area contributed by atoms with Gasteiger partial charge in [0.05, 0.1) is 5.69 Å². The van der Waals surface area contributed by atoms with E-state index >= 15 is 0 Å². The summed E-state index contributed by atoms with van der Waals surface area (Å²) in [7, 11) is 0. The number of carbonyl (C=O) groups is 1. The van der Waals surface area contributed by atoms with Crippen LogP contribution in [0.2, 0.25) is 0 Å². The van der Waals surface area contributed by atoms with Crippen molar-refractivity contribution < 1.29 is 27.5 Å². The lowest BCUT2D eigenvalue weighted by atomic mass is 9.99. The van der Waals surface area contributed by atoms with E-state index in [1.54, 1.807) is 18.3 Å². The van der Waals surface area contributed by atoms with Gasteiger partial charge in [-0.15, -0.1) is 0 Å². The summed E-state index contributed by atoms with van der Waals surface area (Å²) in [5.41, 5.74) is 2.57. The average molecular weight is 434 g/mol. The molecule has 0 aliphatic carbocycles. The molecule has 3 rings (SSSR count). The van der Waals surface area contributed by atoms with Crippen LogP contribution < -0.4 is 5.32 Å². The van der Waals surface area contributed by atoms with E-state index in [0.29, 0.717) is 11.3 Å². The maximum Gasteiger partial charge on any atom is 0.451 e. The van der Waals surface area contributed by atoms with Gasteiger partial charge in [-0.05, 0) is 42.3 Å². The van der Waals surface area contributed by atoms with Crippen molar-refractivity contribution in [2.45, 2.75) is 25.7 Å². The molecule has 0 fully saturated rings. The Morgan fingerprint density at radius 2 is 1.81 bits per heavy atom. The minimum absolute atomic E-state index is 0.120. The van der Waals surface area contributed by atoms with E-state index in [4.69, 9.17) is 0 Å². The molecule has 2 N–H and O–H groups in total. The normalized spacial score (nSPS) is 12.5. The largest absolute Gasteiger partial charge is 0.451 e. The van der Waals surface area contributed by atoms with Gasteiger partial charge in [-0.2, -0.15) is 13.2 Å². The number of hydrogen-bond acceptors (Lipinski definition) is 5. The number of alkyl halides is 4. The molecule has 0 saturated carbocycles. The molecular formula is C21H18F4N4O2. The van der Waals surface area contributed by atoms with Crippen LogP contribution in [-0.2, 0) is 12.7 Å². The van der Waals surface area contributed by atoms with E-state index in [9.17, 15) is 27.5 Å². The second-order valence-electron chi connectivity index (χ2n) is 6.83. The van der Waals surface area contributed by atoms with Crippen molar-refractivity contribution in [3.63, 3.8) is 0 Å². The minimum atomic E-state index is -4.65. The molecule has 2 aromatic heterocycles. The molecule has 0 aliphatic heterocycles. The summed E-state index contributed by atoms with van der Waals surface area (Å²) in [6.07, 6.45) is -2.49. The Morgan fingerprint density at radius 3 is 2.39 bits per heavy atom. The molecule has 0 spiro atoms. The minimum Gasteiger partial charge on any atom is -0.386 e. The zero-order valence-corrected chi connectivity index (χ0v) is 16.3. The number of nitrogens with zero attached hydrogens (tertiary/aromatic N) is 3. The molecule has 6 nitrogen and oxygen atoms in total. The van der Waals surface area contributed by atoms with Crippen molar-refractivity contribution >= 4 is 5.91 Å². The Morgan fingerprint density at radius 1 is 1.10 bits per heavy atom. The molecule has 0 aliphatic rings. The van der Waals surface area contributed by atoms with Crippen LogP contribution in [0.3, 0.4) is 0 Å². The lowest BCUT2D eigenvalue weighted by Gasteiger charge is -2.13.